The van der Waals surface area contributed by atoms with Crippen LogP contribution in [0, 0.1) is 0 Å². The fourth-order valence-corrected chi connectivity index (χ4v) is 5.10. The van der Waals surface area contributed by atoms with Gasteiger partial charge in [-0.1, -0.05) is 12.8 Å². The fraction of sp³-hybridized carbons (Fsp3) is 0.667. The van der Waals surface area contributed by atoms with Crippen LogP contribution in [-0.4, -0.2) is 21.0 Å². The van der Waals surface area contributed by atoms with Gasteiger partial charge in [0, 0.05) is 12.1 Å². The van der Waals surface area contributed by atoms with Gasteiger partial charge in [0.2, 0.25) is 0 Å². The van der Waals surface area contributed by atoms with Crippen LogP contribution in [0.2, 0.25) is 0 Å². The summed E-state index contributed by atoms with van der Waals surface area (Å²) in [4.78, 5) is 0. The van der Waals surface area contributed by atoms with E-state index in [9.17, 15) is 8.42 Å². The number of hydrogen-bond acceptors (Lipinski definition) is 4. The van der Waals surface area contributed by atoms with Crippen LogP contribution in [0.5, 0.6) is 0 Å². The maximum Gasteiger partial charge on any atom is 0.250 e. The number of nitrogens with one attached hydrogen (secondary N) is 2. The normalized spacial score (nSPS) is 19.2. The zero-order valence-corrected chi connectivity index (χ0v) is 12.5. The SMILES string of the molecule is CNCc1csc(S(=O)(=O)NC2(C)CCCC2)c1. The molecule has 0 saturated heterocycles. The lowest BCUT2D eigenvalue weighted by molar-refractivity contribution is 0.428. The van der Waals surface area contributed by atoms with E-state index in [1.807, 2.05) is 19.4 Å². The molecule has 18 heavy (non-hydrogen) atoms. The van der Waals surface area contributed by atoms with Crippen LogP contribution < -0.4 is 10.0 Å². The molecule has 2 N–H and O–H groups in total. The molecule has 1 heterocycles. The van der Waals surface area contributed by atoms with E-state index in [1.54, 1.807) is 6.07 Å². The Morgan fingerprint density at radius 3 is 2.67 bits per heavy atom. The summed E-state index contributed by atoms with van der Waals surface area (Å²) in [6.45, 7) is 2.70. The number of hydrogen-bond donors (Lipinski definition) is 2. The highest BCUT2D eigenvalue weighted by Crippen LogP contribution is 2.31. The second kappa shape index (κ2) is 5.28. The Morgan fingerprint density at radius 2 is 2.06 bits per heavy atom. The van der Waals surface area contributed by atoms with Crippen LogP contribution in [0.25, 0.3) is 0 Å². The smallest absolute Gasteiger partial charge is 0.250 e. The van der Waals surface area contributed by atoms with Gasteiger partial charge >= 0.3 is 0 Å². The Hall–Kier alpha value is -0.430. The highest BCUT2D eigenvalue weighted by Gasteiger charge is 2.33. The second-order valence-electron chi connectivity index (χ2n) is 5.18. The Kier molecular flexibility index (Phi) is 4.11. The van der Waals surface area contributed by atoms with Gasteiger partial charge in [-0.25, -0.2) is 13.1 Å². The third-order valence-electron chi connectivity index (χ3n) is 3.36. The average Bonchev–Trinajstić information content (AvgIpc) is 2.87. The van der Waals surface area contributed by atoms with Crippen LogP contribution >= 0.6 is 11.3 Å². The molecule has 2 rings (SSSR count). The topological polar surface area (TPSA) is 58.2 Å². The number of rotatable bonds is 5. The van der Waals surface area contributed by atoms with Crippen molar-refractivity contribution >= 4 is 21.4 Å². The Morgan fingerprint density at radius 1 is 1.39 bits per heavy atom. The van der Waals surface area contributed by atoms with Crippen LogP contribution in [-0.2, 0) is 16.6 Å². The van der Waals surface area contributed by atoms with E-state index in [4.69, 9.17) is 0 Å². The summed E-state index contributed by atoms with van der Waals surface area (Å²) in [5.74, 6) is 0. The van der Waals surface area contributed by atoms with Gasteiger partial charge in [0.1, 0.15) is 4.21 Å². The van der Waals surface area contributed by atoms with Crippen molar-refractivity contribution in [3.8, 4) is 0 Å². The van der Waals surface area contributed by atoms with E-state index in [0.717, 1.165) is 31.2 Å². The molecule has 0 unspecified atom stereocenters. The van der Waals surface area contributed by atoms with Gasteiger partial charge in [0.15, 0.2) is 0 Å². The highest BCUT2D eigenvalue weighted by atomic mass is 32.2. The first-order valence-electron chi connectivity index (χ1n) is 6.21. The maximum atomic E-state index is 12.3. The zero-order chi connectivity index (χ0) is 13.2. The largest absolute Gasteiger partial charge is 0.316 e. The van der Waals surface area contributed by atoms with Crippen molar-refractivity contribution in [2.45, 2.75) is 48.9 Å². The third kappa shape index (κ3) is 3.12. The molecule has 1 aliphatic rings. The van der Waals surface area contributed by atoms with Crippen molar-refractivity contribution < 1.29 is 8.42 Å². The molecule has 0 aromatic carbocycles. The zero-order valence-electron chi connectivity index (χ0n) is 10.8. The molecule has 6 heteroatoms. The molecule has 0 amide bonds. The highest BCUT2D eigenvalue weighted by molar-refractivity contribution is 7.91. The molecule has 1 aromatic heterocycles. The van der Waals surface area contributed by atoms with Crippen molar-refractivity contribution in [1.82, 2.24) is 10.0 Å². The summed E-state index contributed by atoms with van der Waals surface area (Å²) in [7, 11) is -1.51. The quantitative estimate of drug-likeness (QED) is 0.872. The van der Waals surface area contributed by atoms with Crippen molar-refractivity contribution in [2.75, 3.05) is 7.05 Å². The second-order valence-corrected chi connectivity index (χ2v) is 8.00. The molecular formula is C12H20N2O2S2. The van der Waals surface area contributed by atoms with Crippen molar-refractivity contribution in [3.05, 3.63) is 17.0 Å². The van der Waals surface area contributed by atoms with Crippen LogP contribution in [0.4, 0.5) is 0 Å². The monoisotopic (exact) mass is 288 g/mol. The molecule has 1 saturated carbocycles. The first kappa shape index (κ1) is 14.0. The van der Waals surface area contributed by atoms with Crippen LogP contribution in [0.3, 0.4) is 0 Å². The lowest BCUT2D eigenvalue weighted by atomic mass is 10.0. The van der Waals surface area contributed by atoms with Crippen molar-refractivity contribution in [1.29, 1.82) is 0 Å². The van der Waals surface area contributed by atoms with Crippen molar-refractivity contribution in [2.24, 2.45) is 0 Å². The van der Waals surface area contributed by atoms with Gasteiger partial charge < -0.3 is 5.32 Å². The summed E-state index contributed by atoms with van der Waals surface area (Å²) < 4.78 is 27.9. The lowest BCUT2D eigenvalue weighted by Gasteiger charge is -2.24. The molecule has 1 fully saturated rings. The van der Waals surface area contributed by atoms with Crippen LogP contribution in [0.1, 0.15) is 38.2 Å². The van der Waals surface area contributed by atoms with E-state index >= 15 is 0 Å². The van der Waals surface area contributed by atoms with E-state index in [-0.39, 0.29) is 5.54 Å². The number of sulfonamides is 1. The summed E-state index contributed by atoms with van der Waals surface area (Å²) >= 11 is 1.29. The van der Waals surface area contributed by atoms with E-state index in [0.29, 0.717) is 10.8 Å². The molecule has 4 nitrogen and oxygen atoms in total. The molecule has 102 valence electrons. The van der Waals surface area contributed by atoms with E-state index in [2.05, 4.69) is 10.0 Å². The van der Waals surface area contributed by atoms with Gasteiger partial charge in [0.25, 0.3) is 10.0 Å². The lowest BCUT2D eigenvalue weighted by Crippen LogP contribution is -2.43. The molecular weight excluding hydrogens is 268 g/mol. The summed E-state index contributed by atoms with van der Waals surface area (Å²) in [6, 6.07) is 1.75. The minimum absolute atomic E-state index is 0.258. The van der Waals surface area contributed by atoms with Crippen LogP contribution in [0.15, 0.2) is 15.7 Å². The summed E-state index contributed by atoms with van der Waals surface area (Å²) in [5, 5.41) is 4.91. The first-order chi connectivity index (χ1) is 8.45. The molecule has 1 aromatic rings. The predicted octanol–water partition coefficient (Wildman–Crippen LogP) is 2.08. The van der Waals surface area contributed by atoms with Crippen molar-refractivity contribution in [3.63, 3.8) is 0 Å². The van der Waals surface area contributed by atoms with E-state index in [1.165, 1.54) is 11.3 Å². The summed E-state index contributed by atoms with van der Waals surface area (Å²) in [5.41, 5.74) is 0.755. The molecule has 0 bridgehead atoms. The third-order valence-corrected chi connectivity index (χ3v) is 6.49. The maximum absolute atomic E-state index is 12.3. The minimum Gasteiger partial charge on any atom is -0.316 e. The standard InChI is InChI=1S/C12H20N2O2S2/c1-12(5-3-4-6-12)14-18(15,16)11-7-10(8-13-2)9-17-11/h7,9,13-14H,3-6,8H2,1-2H3. The summed E-state index contributed by atoms with van der Waals surface area (Å²) in [6.07, 6.45) is 4.07. The molecule has 0 aliphatic heterocycles. The van der Waals surface area contributed by atoms with Gasteiger partial charge in [-0.15, -0.1) is 11.3 Å². The molecule has 0 spiro atoms. The Balaban J connectivity index is 2.14. The first-order valence-corrected chi connectivity index (χ1v) is 8.57. The van der Waals surface area contributed by atoms with E-state index < -0.39 is 10.0 Å². The number of thiophene rings is 1. The minimum atomic E-state index is -3.36. The Bertz CT molecular complexity index is 502. The Labute approximate surface area is 113 Å². The molecule has 0 radical (unpaired) electrons. The van der Waals surface area contributed by atoms with Gasteiger partial charge in [-0.3, -0.25) is 0 Å². The molecule has 0 atom stereocenters. The fourth-order valence-electron chi connectivity index (χ4n) is 2.42. The van der Waals surface area contributed by atoms with Gasteiger partial charge in [-0.2, -0.15) is 0 Å². The van der Waals surface area contributed by atoms with Gasteiger partial charge in [0.05, 0.1) is 0 Å². The predicted molar refractivity (Wildman–Crippen MR) is 74.3 cm³/mol. The molecule has 1 aliphatic carbocycles. The van der Waals surface area contributed by atoms with Gasteiger partial charge in [-0.05, 0) is 43.8 Å². The average molecular weight is 288 g/mol.